The molecule has 1 aliphatic carbocycles. The lowest BCUT2D eigenvalue weighted by Crippen LogP contribution is -2.25. The van der Waals surface area contributed by atoms with Crippen LogP contribution >= 0.6 is 0 Å². The van der Waals surface area contributed by atoms with E-state index in [-0.39, 0.29) is 29.9 Å². The van der Waals surface area contributed by atoms with E-state index in [1.54, 1.807) is 12.1 Å². The Kier molecular flexibility index (Phi) is 4.74. The monoisotopic (exact) mass is 298 g/mol. The largest absolute Gasteiger partial charge is 0.396 e. The van der Waals surface area contributed by atoms with Crippen LogP contribution in [0.1, 0.15) is 25.7 Å². The van der Waals surface area contributed by atoms with Gasteiger partial charge in [0.1, 0.15) is 0 Å². The third-order valence-corrected chi connectivity index (χ3v) is 4.45. The van der Waals surface area contributed by atoms with Crippen LogP contribution in [0.4, 0.5) is 5.69 Å². The number of carbonyl (C=O) groups excluding carboxylic acids is 1. The minimum absolute atomic E-state index is 0.0303. The number of hydrogen-bond donors (Lipinski definition) is 3. The third-order valence-electron chi connectivity index (χ3n) is 2.91. The van der Waals surface area contributed by atoms with Gasteiger partial charge in [-0.2, -0.15) is 0 Å². The molecule has 0 aromatic heterocycles. The van der Waals surface area contributed by atoms with Gasteiger partial charge in [0.15, 0.2) is 0 Å². The van der Waals surface area contributed by atoms with Crippen molar-refractivity contribution in [1.82, 2.24) is 4.72 Å². The molecule has 1 aromatic carbocycles. The molecule has 6 nitrogen and oxygen atoms in total. The van der Waals surface area contributed by atoms with E-state index in [1.807, 2.05) is 0 Å². The van der Waals surface area contributed by atoms with Crippen LogP contribution in [-0.4, -0.2) is 32.1 Å². The number of carbonyl (C=O) groups is 1. The lowest BCUT2D eigenvalue weighted by molar-refractivity contribution is -0.116. The Morgan fingerprint density at radius 3 is 2.45 bits per heavy atom. The number of rotatable bonds is 7. The van der Waals surface area contributed by atoms with E-state index in [0.29, 0.717) is 12.1 Å². The molecule has 0 saturated heterocycles. The van der Waals surface area contributed by atoms with Gasteiger partial charge in [-0.3, -0.25) is 4.79 Å². The summed E-state index contributed by atoms with van der Waals surface area (Å²) in [5, 5.41) is 11.3. The average Bonchev–Trinajstić information content (AvgIpc) is 3.20. The highest BCUT2D eigenvalue weighted by atomic mass is 32.2. The minimum atomic E-state index is -3.45. The molecule has 110 valence electrons. The highest BCUT2D eigenvalue weighted by molar-refractivity contribution is 7.89. The van der Waals surface area contributed by atoms with Gasteiger partial charge in [0.25, 0.3) is 0 Å². The molecule has 0 spiro atoms. The Morgan fingerprint density at radius 1 is 1.25 bits per heavy atom. The lowest BCUT2D eigenvalue weighted by atomic mass is 10.3. The molecule has 1 saturated carbocycles. The summed E-state index contributed by atoms with van der Waals surface area (Å²) in [6, 6.07) is 6.10. The van der Waals surface area contributed by atoms with E-state index in [4.69, 9.17) is 5.11 Å². The molecule has 0 aliphatic heterocycles. The molecule has 0 radical (unpaired) electrons. The Morgan fingerprint density at radius 2 is 1.90 bits per heavy atom. The van der Waals surface area contributed by atoms with Crippen molar-refractivity contribution in [3.8, 4) is 0 Å². The van der Waals surface area contributed by atoms with Crippen molar-refractivity contribution in [3.05, 3.63) is 24.3 Å². The van der Waals surface area contributed by atoms with Crippen LogP contribution in [0.15, 0.2) is 29.2 Å². The molecule has 0 atom stereocenters. The maximum Gasteiger partial charge on any atom is 0.240 e. The van der Waals surface area contributed by atoms with E-state index in [2.05, 4.69) is 10.0 Å². The predicted octanol–water partition coefficient (Wildman–Crippen LogP) is 0.838. The van der Waals surface area contributed by atoms with Gasteiger partial charge in [0, 0.05) is 24.8 Å². The molecule has 2 rings (SSSR count). The SMILES string of the molecule is O=C(CCCO)Nc1ccc(S(=O)(=O)NC2CC2)cc1. The van der Waals surface area contributed by atoms with Crippen LogP contribution in [0, 0.1) is 0 Å². The third kappa shape index (κ3) is 4.29. The van der Waals surface area contributed by atoms with Gasteiger partial charge in [-0.25, -0.2) is 13.1 Å². The van der Waals surface area contributed by atoms with Crippen LogP contribution in [0.3, 0.4) is 0 Å². The van der Waals surface area contributed by atoms with Gasteiger partial charge in [0.2, 0.25) is 15.9 Å². The van der Waals surface area contributed by atoms with E-state index >= 15 is 0 Å². The fourth-order valence-electron chi connectivity index (χ4n) is 1.67. The first-order valence-corrected chi connectivity index (χ1v) is 8.03. The molecular weight excluding hydrogens is 280 g/mol. The smallest absolute Gasteiger partial charge is 0.240 e. The standard InChI is InChI=1S/C13H18N2O4S/c16-9-1-2-13(17)14-10-5-7-12(8-6-10)20(18,19)15-11-3-4-11/h5-8,11,15-16H,1-4,9H2,(H,14,17). The van der Waals surface area contributed by atoms with Gasteiger partial charge < -0.3 is 10.4 Å². The number of anilines is 1. The maximum absolute atomic E-state index is 11.9. The molecule has 0 unspecified atom stereocenters. The number of aliphatic hydroxyl groups is 1. The number of aliphatic hydroxyl groups excluding tert-OH is 1. The van der Waals surface area contributed by atoms with Crippen molar-refractivity contribution in [1.29, 1.82) is 0 Å². The zero-order valence-electron chi connectivity index (χ0n) is 11.0. The first-order chi connectivity index (χ1) is 9.51. The van der Waals surface area contributed by atoms with E-state index in [9.17, 15) is 13.2 Å². The molecule has 1 aromatic rings. The average molecular weight is 298 g/mol. The topological polar surface area (TPSA) is 95.5 Å². The summed E-state index contributed by atoms with van der Waals surface area (Å²) in [5.74, 6) is -0.203. The van der Waals surface area contributed by atoms with Crippen LogP contribution in [0.2, 0.25) is 0 Å². The molecule has 1 fully saturated rings. The molecule has 0 heterocycles. The number of amides is 1. The van der Waals surface area contributed by atoms with E-state index in [0.717, 1.165) is 12.8 Å². The maximum atomic E-state index is 11.9. The van der Waals surface area contributed by atoms with Crippen LogP contribution in [-0.2, 0) is 14.8 Å². The Bertz CT molecular complexity index is 565. The van der Waals surface area contributed by atoms with E-state index < -0.39 is 10.0 Å². The number of benzene rings is 1. The van der Waals surface area contributed by atoms with Crippen molar-refractivity contribution >= 4 is 21.6 Å². The summed E-state index contributed by atoms with van der Waals surface area (Å²) < 4.78 is 26.5. The Hall–Kier alpha value is -1.44. The van der Waals surface area contributed by atoms with Crippen molar-refractivity contribution in [3.63, 3.8) is 0 Å². The van der Waals surface area contributed by atoms with Gasteiger partial charge >= 0.3 is 0 Å². The zero-order valence-corrected chi connectivity index (χ0v) is 11.8. The van der Waals surface area contributed by atoms with Crippen molar-refractivity contribution in [2.75, 3.05) is 11.9 Å². The summed E-state index contributed by atoms with van der Waals surface area (Å²) in [4.78, 5) is 11.6. The lowest BCUT2D eigenvalue weighted by Gasteiger charge is -2.07. The molecule has 1 amide bonds. The second-order valence-corrected chi connectivity index (χ2v) is 6.51. The van der Waals surface area contributed by atoms with Crippen molar-refractivity contribution < 1.29 is 18.3 Å². The zero-order chi connectivity index (χ0) is 14.6. The van der Waals surface area contributed by atoms with Crippen molar-refractivity contribution in [2.24, 2.45) is 0 Å². The Balaban J connectivity index is 1.97. The van der Waals surface area contributed by atoms with Crippen LogP contribution < -0.4 is 10.0 Å². The molecule has 1 aliphatic rings. The fourth-order valence-corrected chi connectivity index (χ4v) is 2.97. The molecule has 7 heteroatoms. The summed E-state index contributed by atoms with van der Waals surface area (Å²) in [7, 11) is -3.45. The normalized spacial score (nSPS) is 15.1. The predicted molar refractivity (Wildman–Crippen MR) is 74.7 cm³/mol. The molecule has 0 bridgehead atoms. The summed E-state index contributed by atoms with van der Waals surface area (Å²) >= 11 is 0. The van der Waals surface area contributed by atoms with Gasteiger partial charge in [-0.1, -0.05) is 0 Å². The quantitative estimate of drug-likeness (QED) is 0.695. The first-order valence-electron chi connectivity index (χ1n) is 6.54. The summed E-state index contributed by atoms with van der Waals surface area (Å²) in [5.41, 5.74) is 0.540. The number of hydrogen-bond acceptors (Lipinski definition) is 4. The fraction of sp³-hybridized carbons (Fsp3) is 0.462. The van der Waals surface area contributed by atoms with Crippen LogP contribution in [0.5, 0.6) is 0 Å². The molecular formula is C13H18N2O4S. The Labute approximate surface area is 118 Å². The number of sulfonamides is 1. The second-order valence-electron chi connectivity index (χ2n) is 4.80. The van der Waals surface area contributed by atoms with Crippen molar-refractivity contribution in [2.45, 2.75) is 36.6 Å². The molecule has 20 heavy (non-hydrogen) atoms. The second kappa shape index (κ2) is 6.34. The van der Waals surface area contributed by atoms with Crippen LogP contribution in [0.25, 0.3) is 0 Å². The first kappa shape index (κ1) is 15.0. The van der Waals surface area contributed by atoms with Gasteiger partial charge in [-0.05, 0) is 43.5 Å². The number of nitrogens with one attached hydrogen (secondary N) is 2. The van der Waals surface area contributed by atoms with Gasteiger partial charge in [-0.15, -0.1) is 0 Å². The highest BCUT2D eigenvalue weighted by Crippen LogP contribution is 2.22. The van der Waals surface area contributed by atoms with Gasteiger partial charge in [0.05, 0.1) is 4.90 Å². The molecule has 3 N–H and O–H groups in total. The van der Waals surface area contributed by atoms with E-state index in [1.165, 1.54) is 12.1 Å². The minimum Gasteiger partial charge on any atom is -0.396 e. The highest BCUT2D eigenvalue weighted by Gasteiger charge is 2.27. The summed E-state index contributed by atoms with van der Waals surface area (Å²) in [6.45, 7) is -0.0303. The summed E-state index contributed by atoms with van der Waals surface area (Å²) in [6.07, 6.45) is 2.42.